The van der Waals surface area contributed by atoms with Crippen LogP contribution in [0.4, 0.5) is 0 Å². The van der Waals surface area contributed by atoms with Gasteiger partial charge in [-0.1, -0.05) is 60.7 Å². The summed E-state index contributed by atoms with van der Waals surface area (Å²) < 4.78 is 12.2. The van der Waals surface area contributed by atoms with Crippen LogP contribution in [-0.4, -0.2) is 36.1 Å². The molecule has 0 aliphatic heterocycles. The minimum atomic E-state index is 0.00273. The molecule has 6 heteroatoms. The molecule has 0 aromatic heterocycles. The summed E-state index contributed by atoms with van der Waals surface area (Å²) in [7, 11) is 0. The standard InChI is InChI=1S/C29H38N2O4/c32-28(30-24-14-7-16-26(24)34-20-22-10-3-1-4-11-22)18-9-19-29(33)31-25-15-8-17-27(25)35-21-23-12-5-2-6-13-23/h1-6,10-13,24-27H,7-9,14-21H2,(H,30,32)(H,31,33). The summed E-state index contributed by atoms with van der Waals surface area (Å²) in [5.74, 6) is 0.00546. The molecular formula is C29H38N2O4. The Labute approximate surface area is 208 Å². The Bertz CT molecular complexity index is 845. The van der Waals surface area contributed by atoms with Crippen LogP contribution in [0.2, 0.25) is 0 Å². The van der Waals surface area contributed by atoms with E-state index in [-0.39, 0.29) is 36.1 Å². The van der Waals surface area contributed by atoms with E-state index in [1.807, 2.05) is 36.4 Å². The van der Waals surface area contributed by atoms with Crippen LogP contribution >= 0.6 is 0 Å². The number of hydrogen-bond donors (Lipinski definition) is 2. The van der Waals surface area contributed by atoms with E-state index in [2.05, 4.69) is 34.9 Å². The monoisotopic (exact) mass is 478 g/mol. The highest BCUT2D eigenvalue weighted by atomic mass is 16.5. The number of amides is 2. The van der Waals surface area contributed by atoms with Crippen LogP contribution in [-0.2, 0) is 32.3 Å². The predicted molar refractivity (Wildman–Crippen MR) is 135 cm³/mol. The van der Waals surface area contributed by atoms with Crippen molar-refractivity contribution in [2.24, 2.45) is 0 Å². The van der Waals surface area contributed by atoms with E-state index in [1.165, 1.54) is 0 Å². The zero-order valence-corrected chi connectivity index (χ0v) is 20.5. The lowest BCUT2D eigenvalue weighted by Crippen LogP contribution is -2.42. The second-order valence-corrected chi connectivity index (χ2v) is 9.73. The maximum atomic E-state index is 12.5. The Morgan fingerprint density at radius 2 is 1.09 bits per heavy atom. The average Bonchev–Trinajstić information content (AvgIpc) is 3.51. The van der Waals surface area contributed by atoms with Gasteiger partial charge in [-0.2, -0.15) is 0 Å². The molecule has 2 N–H and O–H groups in total. The molecule has 4 unspecified atom stereocenters. The molecule has 0 heterocycles. The van der Waals surface area contributed by atoms with Gasteiger partial charge in [0.2, 0.25) is 11.8 Å². The topological polar surface area (TPSA) is 76.7 Å². The van der Waals surface area contributed by atoms with Crippen molar-refractivity contribution in [3.8, 4) is 0 Å². The highest BCUT2D eigenvalue weighted by molar-refractivity contribution is 5.79. The summed E-state index contributed by atoms with van der Waals surface area (Å²) in [5.41, 5.74) is 2.29. The van der Waals surface area contributed by atoms with E-state index in [0.29, 0.717) is 32.5 Å². The fraction of sp³-hybridized carbons (Fsp3) is 0.517. The minimum Gasteiger partial charge on any atom is -0.371 e. The molecule has 2 saturated carbocycles. The van der Waals surface area contributed by atoms with Crippen LogP contribution < -0.4 is 10.6 Å². The fourth-order valence-corrected chi connectivity index (χ4v) is 5.10. The summed E-state index contributed by atoms with van der Waals surface area (Å²) in [6, 6.07) is 20.3. The van der Waals surface area contributed by atoms with Crippen LogP contribution in [0.3, 0.4) is 0 Å². The van der Waals surface area contributed by atoms with Crippen LogP contribution in [0.15, 0.2) is 60.7 Å². The van der Waals surface area contributed by atoms with Crippen molar-refractivity contribution in [1.82, 2.24) is 10.6 Å². The lowest BCUT2D eigenvalue weighted by atomic mass is 10.1. The first-order valence-electron chi connectivity index (χ1n) is 13.1. The lowest BCUT2D eigenvalue weighted by molar-refractivity contribution is -0.124. The molecule has 4 atom stereocenters. The summed E-state index contributed by atoms with van der Waals surface area (Å²) in [6.45, 7) is 1.13. The van der Waals surface area contributed by atoms with Crippen molar-refractivity contribution >= 4 is 11.8 Å². The molecule has 0 saturated heterocycles. The largest absolute Gasteiger partial charge is 0.371 e. The van der Waals surface area contributed by atoms with Gasteiger partial charge >= 0.3 is 0 Å². The Kier molecular flexibility index (Phi) is 9.73. The van der Waals surface area contributed by atoms with Gasteiger partial charge < -0.3 is 20.1 Å². The maximum Gasteiger partial charge on any atom is 0.220 e. The van der Waals surface area contributed by atoms with Crippen molar-refractivity contribution in [3.05, 3.63) is 71.8 Å². The molecule has 2 aromatic rings. The van der Waals surface area contributed by atoms with E-state index in [4.69, 9.17) is 9.47 Å². The highest BCUT2D eigenvalue weighted by Crippen LogP contribution is 2.25. The van der Waals surface area contributed by atoms with Crippen LogP contribution in [0.1, 0.15) is 68.9 Å². The molecule has 0 bridgehead atoms. The van der Waals surface area contributed by atoms with E-state index < -0.39 is 0 Å². The Morgan fingerprint density at radius 1 is 0.657 bits per heavy atom. The first kappa shape index (κ1) is 25.4. The SMILES string of the molecule is O=C(CCCC(=O)NC1CCCC1OCc1ccccc1)NC1CCCC1OCc1ccccc1. The molecule has 2 aromatic carbocycles. The molecule has 2 aliphatic carbocycles. The van der Waals surface area contributed by atoms with Gasteiger partial charge in [-0.3, -0.25) is 9.59 Å². The normalized spacial score (nSPS) is 23.8. The summed E-state index contributed by atoms with van der Waals surface area (Å²) in [4.78, 5) is 25.0. The molecule has 0 radical (unpaired) electrons. The van der Waals surface area contributed by atoms with Crippen molar-refractivity contribution in [2.45, 2.75) is 95.3 Å². The number of benzene rings is 2. The zero-order valence-electron chi connectivity index (χ0n) is 20.5. The Hall–Kier alpha value is -2.70. The number of hydrogen-bond acceptors (Lipinski definition) is 4. The molecule has 2 aliphatic rings. The maximum absolute atomic E-state index is 12.5. The minimum absolute atomic E-state index is 0.00273. The molecule has 35 heavy (non-hydrogen) atoms. The van der Waals surface area contributed by atoms with E-state index >= 15 is 0 Å². The van der Waals surface area contributed by atoms with Gasteiger partial charge in [0.1, 0.15) is 0 Å². The molecule has 0 spiro atoms. The third-order valence-corrected chi connectivity index (χ3v) is 7.02. The lowest BCUT2D eigenvalue weighted by Gasteiger charge is -2.22. The second-order valence-electron chi connectivity index (χ2n) is 9.73. The molecular weight excluding hydrogens is 440 g/mol. The quantitative estimate of drug-likeness (QED) is 0.465. The van der Waals surface area contributed by atoms with Gasteiger partial charge in [-0.05, 0) is 56.1 Å². The molecule has 188 valence electrons. The van der Waals surface area contributed by atoms with Gasteiger partial charge in [0.25, 0.3) is 0 Å². The first-order valence-corrected chi connectivity index (χ1v) is 13.1. The number of ether oxygens (including phenoxy) is 2. The third kappa shape index (κ3) is 8.18. The smallest absolute Gasteiger partial charge is 0.220 e. The fourth-order valence-electron chi connectivity index (χ4n) is 5.10. The molecule has 6 nitrogen and oxygen atoms in total. The van der Waals surface area contributed by atoms with Crippen LogP contribution in [0.5, 0.6) is 0 Å². The van der Waals surface area contributed by atoms with Gasteiger partial charge in [0.15, 0.2) is 0 Å². The molecule has 2 fully saturated rings. The van der Waals surface area contributed by atoms with Crippen molar-refractivity contribution in [2.75, 3.05) is 0 Å². The van der Waals surface area contributed by atoms with Crippen molar-refractivity contribution in [1.29, 1.82) is 0 Å². The van der Waals surface area contributed by atoms with E-state index in [9.17, 15) is 9.59 Å². The van der Waals surface area contributed by atoms with Gasteiger partial charge in [-0.15, -0.1) is 0 Å². The molecule has 2 amide bonds. The summed E-state index contributed by atoms with van der Waals surface area (Å²) in [6.07, 6.45) is 7.29. The second kappa shape index (κ2) is 13.4. The van der Waals surface area contributed by atoms with E-state index in [0.717, 1.165) is 49.7 Å². The predicted octanol–water partition coefficient (Wildman–Crippen LogP) is 4.66. The van der Waals surface area contributed by atoms with Crippen molar-refractivity contribution in [3.63, 3.8) is 0 Å². The highest BCUT2D eigenvalue weighted by Gasteiger charge is 2.30. The number of carbonyl (C=O) groups excluding carboxylic acids is 2. The summed E-state index contributed by atoms with van der Waals surface area (Å²) >= 11 is 0. The number of nitrogens with one attached hydrogen (secondary N) is 2. The van der Waals surface area contributed by atoms with E-state index in [1.54, 1.807) is 0 Å². The van der Waals surface area contributed by atoms with Gasteiger partial charge in [0.05, 0.1) is 37.5 Å². The van der Waals surface area contributed by atoms with Gasteiger partial charge in [-0.25, -0.2) is 0 Å². The van der Waals surface area contributed by atoms with Gasteiger partial charge in [0, 0.05) is 12.8 Å². The zero-order chi connectivity index (χ0) is 24.3. The van der Waals surface area contributed by atoms with Crippen molar-refractivity contribution < 1.29 is 19.1 Å². The Balaban J connectivity index is 1.11. The number of carbonyl (C=O) groups is 2. The summed E-state index contributed by atoms with van der Waals surface area (Å²) in [5, 5.41) is 6.27. The first-order chi connectivity index (χ1) is 17.2. The third-order valence-electron chi connectivity index (χ3n) is 7.02. The molecule has 4 rings (SSSR count). The van der Waals surface area contributed by atoms with Crippen LogP contribution in [0.25, 0.3) is 0 Å². The number of rotatable bonds is 12. The van der Waals surface area contributed by atoms with Crippen LogP contribution in [0, 0.1) is 0 Å². The Morgan fingerprint density at radius 3 is 1.51 bits per heavy atom. The average molecular weight is 479 g/mol.